The zero-order valence-electron chi connectivity index (χ0n) is 24.6. The average molecular weight is 582 g/mol. The van der Waals surface area contributed by atoms with Crippen molar-refractivity contribution in [2.75, 3.05) is 31.7 Å². The number of benzene rings is 2. The third-order valence-electron chi connectivity index (χ3n) is 8.26. The van der Waals surface area contributed by atoms with E-state index >= 15 is 0 Å². The van der Waals surface area contributed by atoms with Crippen molar-refractivity contribution in [3.05, 3.63) is 77.5 Å². The smallest absolute Gasteiger partial charge is 0.303 e. The van der Waals surface area contributed by atoms with Gasteiger partial charge in [0.1, 0.15) is 6.61 Å². The number of para-hydroxylation sites is 1. The number of allylic oxidation sites excluding steroid dienone is 4. The SMILES string of the molecule is COCC[N+]1=C(/C=C/C=C2/N(CCCCCC(=O)O)c3ccccc3C2(C)C)C(C)(C)c2cc(S(=O)(=O)O)ccc21. The summed E-state index contributed by atoms with van der Waals surface area (Å²) >= 11 is 0. The van der Waals surface area contributed by atoms with Crippen LogP contribution in [0.25, 0.3) is 0 Å². The molecule has 8 nitrogen and oxygen atoms in total. The lowest BCUT2D eigenvalue weighted by molar-refractivity contribution is -0.441. The lowest BCUT2D eigenvalue weighted by Crippen LogP contribution is -2.29. The number of aliphatic carboxylic acids is 1. The van der Waals surface area contributed by atoms with Gasteiger partial charge < -0.3 is 14.7 Å². The van der Waals surface area contributed by atoms with Crippen LogP contribution in [-0.4, -0.2) is 61.1 Å². The number of carboxylic acid groups (broad SMARTS) is 1. The first-order chi connectivity index (χ1) is 19.3. The summed E-state index contributed by atoms with van der Waals surface area (Å²) in [5.74, 6) is -0.758. The van der Waals surface area contributed by atoms with Gasteiger partial charge in [-0.2, -0.15) is 13.0 Å². The Morgan fingerprint density at radius 2 is 1.76 bits per heavy atom. The first-order valence-corrected chi connectivity index (χ1v) is 15.5. The van der Waals surface area contributed by atoms with Crippen LogP contribution in [0, 0.1) is 0 Å². The van der Waals surface area contributed by atoms with Crippen LogP contribution in [0.4, 0.5) is 11.4 Å². The lowest BCUT2D eigenvalue weighted by atomic mass is 9.81. The topological polar surface area (TPSA) is 107 Å². The molecule has 0 unspecified atom stereocenters. The molecule has 41 heavy (non-hydrogen) atoms. The Hall–Kier alpha value is -3.27. The van der Waals surface area contributed by atoms with Crippen LogP contribution in [0.2, 0.25) is 0 Å². The molecule has 2 aliphatic heterocycles. The molecule has 2 aromatic carbocycles. The lowest BCUT2D eigenvalue weighted by Gasteiger charge is -2.27. The molecule has 0 fully saturated rings. The van der Waals surface area contributed by atoms with E-state index in [2.05, 4.69) is 73.6 Å². The number of rotatable bonds is 12. The second-order valence-electron chi connectivity index (χ2n) is 11.7. The Bertz CT molecular complexity index is 1520. The maximum absolute atomic E-state index is 11.9. The Balaban J connectivity index is 1.69. The molecule has 2 heterocycles. The summed E-state index contributed by atoms with van der Waals surface area (Å²) < 4.78 is 41.0. The minimum Gasteiger partial charge on any atom is -0.481 e. The molecule has 0 amide bonds. The summed E-state index contributed by atoms with van der Waals surface area (Å²) in [7, 11) is -2.68. The number of carbonyl (C=O) groups is 1. The molecule has 0 saturated heterocycles. The number of ether oxygens (including phenoxy) is 1. The van der Waals surface area contributed by atoms with Gasteiger partial charge in [0.2, 0.25) is 5.69 Å². The molecule has 2 N–H and O–H groups in total. The maximum atomic E-state index is 11.9. The first-order valence-electron chi connectivity index (χ1n) is 14.0. The molecule has 0 atom stereocenters. The summed E-state index contributed by atoms with van der Waals surface area (Å²) in [6, 6.07) is 13.2. The monoisotopic (exact) mass is 581 g/mol. The van der Waals surface area contributed by atoms with E-state index in [0.29, 0.717) is 19.6 Å². The fraction of sp³-hybridized carbons (Fsp3) is 0.438. The second-order valence-corrected chi connectivity index (χ2v) is 13.1. The number of fused-ring (bicyclic) bond motifs is 2. The van der Waals surface area contributed by atoms with Crippen LogP contribution in [-0.2, 0) is 30.5 Å². The highest BCUT2D eigenvalue weighted by atomic mass is 32.2. The van der Waals surface area contributed by atoms with Crippen molar-refractivity contribution in [2.45, 2.75) is 69.1 Å². The van der Waals surface area contributed by atoms with Gasteiger partial charge in [-0.25, -0.2) is 0 Å². The van der Waals surface area contributed by atoms with Crippen LogP contribution < -0.4 is 4.90 Å². The van der Waals surface area contributed by atoms with Crippen LogP contribution in [0.1, 0.15) is 64.5 Å². The molecule has 9 heteroatoms. The van der Waals surface area contributed by atoms with Crippen molar-refractivity contribution in [1.82, 2.24) is 0 Å². The molecule has 0 bridgehead atoms. The van der Waals surface area contributed by atoms with Gasteiger partial charge in [0.25, 0.3) is 10.1 Å². The van der Waals surface area contributed by atoms with E-state index in [1.807, 2.05) is 6.07 Å². The highest BCUT2D eigenvalue weighted by Crippen LogP contribution is 2.48. The van der Waals surface area contributed by atoms with E-state index in [1.165, 1.54) is 23.0 Å². The standard InChI is InChI=1S/C32H40N2O6S/c1-31(2)24-12-8-9-13-26(24)33(19-10-6-7-16-30(35)36)28(31)14-11-15-29-32(3,4)25-22-23(41(37,38)39)17-18-27(25)34(29)20-21-40-5/h8-9,11-15,17-18,22H,6-7,10,16,19-21H2,1-5H3,(H-,35,36,37,38,39)/p+1. The number of carboxylic acids is 1. The molecule has 0 aromatic heterocycles. The van der Waals surface area contributed by atoms with Gasteiger partial charge in [-0.15, -0.1) is 0 Å². The Morgan fingerprint density at radius 1 is 1.02 bits per heavy atom. The molecule has 2 aliphatic rings. The van der Waals surface area contributed by atoms with E-state index in [4.69, 9.17) is 9.84 Å². The van der Waals surface area contributed by atoms with Crippen LogP contribution in [0.15, 0.2) is 71.3 Å². The molecule has 0 spiro atoms. The quantitative estimate of drug-likeness (QED) is 0.184. The molecule has 0 radical (unpaired) electrons. The maximum Gasteiger partial charge on any atom is 0.303 e. The van der Waals surface area contributed by atoms with E-state index in [9.17, 15) is 17.8 Å². The van der Waals surface area contributed by atoms with Crippen LogP contribution >= 0.6 is 0 Å². The van der Waals surface area contributed by atoms with E-state index in [-0.39, 0.29) is 16.7 Å². The predicted octanol–water partition coefficient (Wildman–Crippen LogP) is 5.84. The van der Waals surface area contributed by atoms with Gasteiger partial charge in [0.15, 0.2) is 12.3 Å². The zero-order valence-corrected chi connectivity index (χ0v) is 25.4. The molecule has 0 aliphatic carbocycles. The number of unbranched alkanes of at least 4 members (excludes halogenated alkanes) is 2. The van der Waals surface area contributed by atoms with Crippen molar-refractivity contribution < 1.29 is 32.2 Å². The molecule has 2 aromatic rings. The zero-order chi connectivity index (χ0) is 30.0. The number of hydrogen-bond donors (Lipinski definition) is 2. The van der Waals surface area contributed by atoms with Crippen molar-refractivity contribution >= 4 is 33.2 Å². The number of anilines is 1. The van der Waals surface area contributed by atoms with Crippen molar-refractivity contribution in [3.8, 4) is 0 Å². The first kappa shape index (κ1) is 30.7. The Morgan fingerprint density at radius 3 is 2.44 bits per heavy atom. The minimum absolute atomic E-state index is 0.118. The average Bonchev–Trinajstić information content (AvgIpc) is 3.25. The Kier molecular flexibility index (Phi) is 8.92. The summed E-state index contributed by atoms with van der Waals surface area (Å²) in [5.41, 5.74) is 5.58. The molecular formula is C32H41N2O6S+. The van der Waals surface area contributed by atoms with Crippen molar-refractivity contribution in [3.63, 3.8) is 0 Å². The third kappa shape index (κ3) is 6.17. The van der Waals surface area contributed by atoms with E-state index in [0.717, 1.165) is 36.3 Å². The van der Waals surface area contributed by atoms with E-state index < -0.39 is 21.5 Å². The molecule has 0 saturated carbocycles. The van der Waals surface area contributed by atoms with Gasteiger partial charge in [-0.3, -0.25) is 9.35 Å². The Labute approximate surface area is 243 Å². The summed E-state index contributed by atoms with van der Waals surface area (Å²) in [6.45, 7) is 10.4. The number of nitrogens with zero attached hydrogens (tertiary/aromatic N) is 2. The van der Waals surface area contributed by atoms with Gasteiger partial charge >= 0.3 is 5.97 Å². The highest BCUT2D eigenvalue weighted by Gasteiger charge is 2.45. The summed E-state index contributed by atoms with van der Waals surface area (Å²) in [6.07, 6.45) is 8.89. The molecule has 4 rings (SSSR count). The van der Waals surface area contributed by atoms with Crippen molar-refractivity contribution in [1.29, 1.82) is 0 Å². The van der Waals surface area contributed by atoms with E-state index in [1.54, 1.807) is 19.2 Å². The van der Waals surface area contributed by atoms with Gasteiger partial charge in [0.05, 0.1) is 10.3 Å². The predicted molar refractivity (Wildman–Crippen MR) is 161 cm³/mol. The second kappa shape index (κ2) is 11.9. The van der Waals surface area contributed by atoms with Crippen LogP contribution in [0.5, 0.6) is 0 Å². The number of methoxy groups -OCH3 is 1. The summed E-state index contributed by atoms with van der Waals surface area (Å²) in [4.78, 5) is 13.2. The minimum atomic E-state index is -4.33. The fourth-order valence-electron chi connectivity index (χ4n) is 6.07. The van der Waals surface area contributed by atoms with Gasteiger partial charge in [-0.05, 0) is 56.5 Å². The molecule has 220 valence electrons. The third-order valence-corrected chi connectivity index (χ3v) is 9.11. The van der Waals surface area contributed by atoms with Crippen LogP contribution in [0.3, 0.4) is 0 Å². The fourth-order valence-corrected chi connectivity index (χ4v) is 6.58. The molecular weight excluding hydrogens is 540 g/mol. The summed E-state index contributed by atoms with van der Waals surface area (Å²) in [5, 5.41) is 8.98. The number of hydrogen-bond acceptors (Lipinski definition) is 5. The van der Waals surface area contributed by atoms with Gasteiger partial charge in [-0.1, -0.05) is 44.5 Å². The normalized spacial score (nSPS) is 18.4. The largest absolute Gasteiger partial charge is 0.481 e. The van der Waals surface area contributed by atoms with Crippen molar-refractivity contribution in [2.24, 2.45) is 0 Å². The highest BCUT2D eigenvalue weighted by molar-refractivity contribution is 7.85. The van der Waals surface area contributed by atoms with Gasteiger partial charge in [0, 0.05) is 54.6 Å².